The Morgan fingerprint density at radius 3 is 2.74 bits per heavy atom. The molecule has 0 radical (unpaired) electrons. The monoisotopic (exact) mass is 319 g/mol. The summed E-state index contributed by atoms with van der Waals surface area (Å²) in [5.41, 5.74) is -0.486. The highest BCUT2D eigenvalue weighted by Gasteiger charge is 2.27. The predicted molar refractivity (Wildman–Crippen MR) is 83.8 cm³/mol. The van der Waals surface area contributed by atoms with Crippen molar-refractivity contribution in [1.29, 1.82) is 0 Å². The summed E-state index contributed by atoms with van der Waals surface area (Å²) < 4.78 is 21.6. The van der Waals surface area contributed by atoms with Crippen LogP contribution in [0.3, 0.4) is 0 Å². The molecule has 0 aliphatic heterocycles. The van der Waals surface area contributed by atoms with Gasteiger partial charge in [0.05, 0.1) is 11.6 Å². The normalized spacial score (nSPS) is 15.6. The number of benzene rings is 1. The molecule has 1 unspecified atom stereocenters. The Bertz CT molecular complexity index is 839. The second-order valence-corrected chi connectivity index (χ2v) is 5.95. The summed E-state index contributed by atoms with van der Waals surface area (Å²) in [6.07, 6.45) is 3.76. The van der Waals surface area contributed by atoms with E-state index < -0.39 is 17.2 Å². The molecule has 1 saturated carbocycles. The van der Waals surface area contributed by atoms with Crippen LogP contribution in [0.4, 0.5) is 4.39 Å². The van der Waals surface area contributed by atoms with E-state index in [1.165, 1.54) is 12.3 Å². The summed E-state index contributed by atoms with van der Waals surface area (Å²) in [6.45, 7) is 3.77. The van der Waals surface area contributed by atoms with Crippen LogP contribution >= 0.6 is 0 Å². The summed E-state index contributed by atoms with van der Waals surface area (Å²) in [4.78, 5) is 23.6. The number of rotatable bonds is 5. The number of aromatic nitrogens is 1. The van der Waals surface area contributed by atoms with Gasteiger partial charge in [0, 0.05) is 23.7 Å². The number of fused-ring (bicyclic) bond motifs is 1. The topological polar surface area (TPSA) is 68.5 Å². The first-order chi connectivity index (χ1) is 10.9. The molecule has 1 atom stereocenters. The number of ether oxygens (including phenoxy) is 1. The molecule has 122 valence electrons. The van der Waals surface area contributed by atoms with Crippen molar-refractivity contribution >= 4 is 16.9 Å². The zero-order valence-corrected chi connectivity index (χ0v) is 13.0. The van der Waals surface area contributed by atoms with Crippen LogP contribution < -0.4 is 10.2 Å². The molecular weight excluding hydrogens is 301 g/mol. The van der Waals surface area contributed by atoms with Crippen molar-refractivity contribution in [3.05, 3.63) is 39.9 Å². The lowest BCUT2D eigenvalue weighted by atomic mass is 10.1. The van der Waals surface area contributed by atoms with Gasteiger partial charge >= 0.3 is 5.97 Å². The van der Waals surface area contributed by atoms with Crippen LogP contribution in [0, 0.1) is 5.82 Å². The van der Waals surface area contributed by atoms with Crippen LogP contribution in [0.5, 0.6) is 5.75 Å². The Labute approximate surface area is 132 Å². The molecule has 2 aromatic rings. The van der Waals surface area contributed by atoms with Crippen molar-refractivity contribution in [2.75, 3.05) is 0 Å². The van der Waals surface area contributed by atoms with Crippen LogP contribution in [0.25, 0.3) is 10.9 Å². The zero-order chi connectivity index (χ0) is 16.7. The maximum Gasteiger partial charge on any atom is 0.341 e. The third-order valence-electron chi connectivity index (χ3n) is 4.16. The maximum atomic E-state index is 14.3. The number of carboxylic acids is 1. The molecular formula is C17H18FNO4. The first-order valence-corrected chi connectivity index (χ1v) is 7.70. The second kappa shape index (κ2) is 5.68. The van der Waals surface area contributed by atoms with Crippen LogP contribution in [-0.4, -0.2) is 21.7 Å². The number of hydrogen-bond acceptors (Lipinski definition) is 3. The van der Waals surface area contributed by atoms with Crippen LogP contribution in [0.1, 0.15) is 49.5 Å². The molecule has 1 aromatic carbocycles. The van der Waals surface area contributed by atoms with E-state index in [4.69, 9.17) is 4.74 Å². The zero-order valence-electron chi connectivity index (χ0n) is 13.0. The van der Waals surface area contributed by atoms with Gasteiger partial charge in [-0.3, -0.25) is 4.79 Å². The largest absolute Gasteiger partial charge is 0.488 e. The third kappa shape index (κ3) is 2.81. The van der Waals surface area contributed by atoms with Crippen LogP contribution in [0.2, 0.25) is 0 Å². The minimum absolute atomic E-state index is 0.0748. The summed E-state index contributed by atoms with van der Waals surface area (Å²) in [6, 6.07) is 2.74. The van der Waals surface area contributed by atoms with Crippen molar-refractivity contribution < 1.29 is 19.0 Å². The lowest BCUT2D eigenvalue weighted by Gasteiger charge is -2.16. The minimum Gasteiger partial charge on any atom is -0.488 e. The number of carbonyl (C=O) groups is 1. The van der Waals surface area contributed by atoms with Gasteiger partial charge in [0.1, 0.15) is 5.56 Å². The van der Waals surface area contributed by atoms with Crippen molar-refractivity contribution in [3.8, 4) is 5.75 Å². The SMILES string of the molecule is CCC(C)Oc1cc2c(cc1F)c(=O)c(C(=O)O)cn2C1CC1. The predicted octanol–water partition coefficient (Wildman–Crippen LogP) is 3.35. The van der Waals surface area contributed by atoms with Gasteiger partial charge < -0.3 is 14.4 Å². The van der Waals surface area contributed by atoms with Gasteiger partial charge in [-0.1, -0.05) is 6.92 Å². The highest BCUT2D eigenvalue weighted by Crippen LogP contribution is 2.38. The van der Waals surface area contributed by atoms with E-state index in [1.54, 1.807) is 4.57 Å². The van der Waals surface area contributed by atoms with Crippen molar-refractivity contribution in [2.24, 2.45) is 0 Å². The van der Waals surface area contributed by atoms with Gasteiger partial charge in [-0.2, -0.15) is 0 Å². The smallest absolute Gasteiger partial charge is 0.341 e. The van der Waals surface area contributed by atoms with E-state index in [2.05, 4.69) is 0 Å². The van der Waals surface area contributed by atoms with Gasteiger partial charge in [0.15, 0.2) is 11.6 Å². The Balaban J connectivity index is 2.25. The van der Waals surface area contributed by atoms with E-state index in [-0.39, 0.29) is 28.8 Å². The number of pyridine rings is 1. The van der Waals surface area contributed by atoms with Gasteiger partial charge in [-0.05, 0) is 32.3 Å². The number of hydrogen-bond donors (Lipinski definition) is 1. The van der Waals surface area contributed by atoms with Gasteiger partial charge in [0.2, 0.25) is 5.43 Å². The Morgan fingerprint density at radius 2 is 2.17 bits per heavy atom. The molecule has 1 aromatic heterocycles. The lowest BCUT2D eigenvalue weighted by molar-refractivity contribution is 0.0695. The molecule has 1 heterocycles. The molecule has 0 bridgehead atoms. The fraction of sp³-hybridized carbons (Fsp3) is 0.412. The quantitative estimate of drug-likeness (QED) is 0.917. The van der Waals surface area contributed by atoms with Gasteiger partial charge in [-0.15, -0.1) is 0 Å². The molecule has 5 nitrogen and oxygen atoms in total. The molecule has 1 aliphatic carbocycles. The number of halogens is 1. The van der Waals surface area contributed by atoms with Crippen molar-refractivity contribution in [3.63, 3.8) is 0 Å². The van der Waals surface area contributed by atoms with E-state index in [0.29, 0.717) is 5.52 Å². The standard InChI is InChI=1S/C17H18FNO4/c1-3-9(2)23-15-7-14-11(6-13(15)18)16(20)12(17(21)22)8-19(14)10-4-5-10/h6-10H,3-5H2,1-2H3,(H,21,22). The average molecular weight is 319 g/mol. The lowest BCUT2D eigenvalue weighted by Crippen LogP contribution is -2.19. The fourth-order valence-electron chi connectivity index (χ4n) is 2.55. The Hall–Kier alpha value is -2.37. The minimum atomic E-state index is -1.30. The molecule has 1 fully saturated rings. The Kier molecular flexibility index (Phi) is 3.83. The fourth-order valence-corrected chi connectivity index (χ4v) is 2.55. The molecule has 3 rings (SSSR count). The summed E-state index contributed by atoms with van der Waals surface area (Å²) in [5.74, 6) is -1.87. The molecule has 1 aliphatic rings. The molecule has 0 amide bonds. The first kappa shape index (κ1) is 15.5. The van der Waals surface area contributed by atoms with Crippen molar-refractivity contribution in [1.82, 2.24) is 4.57 Å². The number of aromatic carboxylic acids is 1. The number of nitrogens with zero attached hydrogens (tertiary/aromatic N) is 1. The van der Waals surface area contributed by atoms with Crippen molar-refractivity contribution in [2.45, 2.75) is 45.3 Å². The summed E-state index contributed by atoms with van der Waals surface area (Å²) in [5, 5.41) is 9.27. The van der Waals surface area contributed by atoms with Crippen LogP contribution in [0.15, 0.2) is 23.1 Å². The molecule has 0 spiro atoms. The summed E-state index contributed by atoms with van der Waals surface area (Å²) >= 11 is 0. The Morgan fingerprint density at radius 1 is 1.48 bits per heavy atom. The third-order valence-corrected chi connectivity index (χ3v) is 4.16. The second-order valence-electron chi connectivity index (χ2n) is 5.95. The molecule has 0 saturated heterocycles. The first-order valence-electron chi connectivity index (χ1n) is 7.70. The van der Waals surface area contributed by atoms with Crippen LogP contribution in [-0.2, 0) is 0 Å². The molecule has 1 N–H and O–H groups in total. The van der Waals surface area contributed by atoms with E-state index in [9.17, 15) is 19.1 Å². The van der Waals surface area contributed by atoms with Gasteiger partial charge in [-0.25, -0.2) is 9.18 Å². The summed E-state index contributed by atoms with van der Waals surface area (Å²) in [7, 11) is 0. The maximum absolute atomic E-state index is 14.3. The molecule has 6 heteroatoms. The van der Waals surface area contributed by atoms with E-state index >= 15 is 0 Å². The van der Waals surface area contributed by atoms with Gasteiger partial charge in [0.25, 0.3) is 0 Å². The average Bonchev–Trinajstić information content (AvgIpc) is 3.33. The number of carboxylic acid groups (broad SMARTS) is 1. The van der Waals surface area contributed by atoms with E-state index in [0.717, 1.165) is 25.3 Å². The highest BCUT2D eigenvalue weighted by atomic mass is 19.1. The van der Waals surface area contributed by atoms with E-state index in [1.807, 2.05) is 13.8 Å². The highest BCUT2D eigenvalue weighted by molar-refractivity contribution is 5.93. The molecule has 23 heavy (non-hydrogen) atoms.